The first kappa shape index (κ1) is 41.6. The molecule has 44 heavy (non-hydrogen) atoms. The van der Waals surface area contributed by atoms with Crippen molar-refractivity contribution in [3.8, 4) is 0 Å². The van der Waals surface area contributed by atoms with Crippen LogP contribution in [0.25, 0.3) is 0 Å². The molecule has 0 rings (SSSR count). The third-order valence-corrected chi connectivity index (χ3v) is 7.75. The molecular formula is C40H68O4. The number of esters is 1. The van der Waals surface area contributed by atoms with Gasteiger partial charge in [0.05, 0.1) is 0 Å². The molecule has 1 N–H and O–H groups in total. The lowest BCUT2D eigenvalue weighted by Gasteiger charge is -2.18. The maximum atomic E-state index is 12.5. The maximum Gasteiger partial charge on any atom is 0.306 e. The molecule has 0 fully saturated rings. The van der Waals surface area contributed by atoms with E-state index >= 15 is 0 Å². The third-order valence-electron chi connectivity index (χ3n) is 7.75. The Hall–Kier alpha value is -2.36. The smallest absolute Gasteiger partial charge is 0.306 e. The monoisotopic (exact) mass is 613 g/mol. The van der Waals surface area contributed by atoms with E-state index < -0.39 is 5.97 Å². The van der Waals surface area contributed by atoms with Crippen molar-refractivity contribution in [2.24, 2.45) is 0 Å². The lowest BCUT2D eigenvalue weighted by Crippen LogP contribution is -2.18. The van der Waals surface area contributed by atoms with Crippen LogP contribution in [-0.4, -0.2) is 23.1 Å². The summed E-state index contributed by atoms with van der Waals surface area (Å²) in [7, 11) is 0. The molecule has 0 saturated heterocycles. The lowest BCUT2D eigenvalue weighted by atomic mass is 10.0. The fourth-order valence-corrected chi connectivity index (χ4v) is 5.09. The molecule has 0 heterocycles. The standard InChI is InChI=1S/C40H68O4/c1-3-5-7-9-10-11-12-13-14-15-16-17-18-19-20-21-22-23-24-29-33-37-40(43)44-38(34-30-8-6-4-2)35-31-27-25-26-28-32-36-39(41)42/h5,7,10-11,13-14,16-17,19-20,38H,3-4,6,8-9,12,15,18,21-37H2,1-2H3,(H,41,42)/b7-5-,11-10-,14-13-,17-16-,20-19-. The quantitative estimate of drug-likeness (QED) is 0.0466. The number of unbranched alkanes of at least 4 members (excludes halogenated alkanes) is 13. The average Bonchev–Trinajstić information content (AvgIpc) is 3.01. The molecule has 252 valence electrons. The summed E-state index contributed by atoms with van der Waals surface area (Å²) in [6.07, 6.45) is 48.2. The van der Waals surface area contributed by atoms with E-state index in [1.807, 2.05) is 0 Å². The van der Waals surface area contributed by atoms with Crippen LogP contribution in [0.1, 0.15) is 174 Å². The number of carboxylic acids is 1. The van der Waals surface area contributed by atoms with Crippen LogP contribution in [-0.2, 0) is 14.3 Å². The zero-order chi connectivity index (χ0) is 32.2. The van der Waals surface area contributed by atoms with Gasteiger partial charge in [0, 0.05) is 12.8 Å². The van der Waals surface area contributed by atoms with E-state index in [4.69, 9.17) is 9.84 Å². The molecule has 0 aliphatic heterocycles. The highest BCUT2D eigenvalue weighted by atomic mass is 16.5. The number of allylic oxidation sites excluding steroid dienone is 10. The molecule has 0 aliphatic rings. The minimum Gasteiger partial charge on any atom is -0.481 e. The molecule has 4 heteroatoms. The molecule has 4 nitrogen and oxygen atoms in total. The topological polar surface area (TPSA) is 63.6 Å². The second-order valence-corrected chi connectivity index (χ2v) is 12.0. The number of carboxylic acid groups (broad SMARTS) is 1. The lowest BCUT2D eigenvalue weighted by molar-refractivity contribution is -0.150. The largest absolute Gasteiger partial charge is 0.481 e. The van der Waals surface area contributed by atoms with E-state index in [9.17, 15) is 9.59 Å². The predicted octanol–water partition coefficient (Wildman–Crippen LogP) is 12.6. The van der Waals surface area contributed by atoms with Gasteiger partial charge in [0.15, 0.2) is 0 Å². The average molecular weight is 613 g/mol. The van der Waals surface area contributed by atoms with E-state index in [2.05, 4.69) is 74.6 Å². The summed E-state index contributed by atoms with van der Waals surface area (Å²) < 4.78 is 5.92. The molecule has 1 unspecified atom stereocenters. The molecule has 0 aromatic rings. The van der Waals surface area contributed by atoms with Crippen LogP contribution < -0.4 is 0 Å². The Morgan fingerprint density at radius 2 is 0.955 bits per heavy atom. The van der Waals surface area contributed by atoms with Crippen LogP contribution in [0.4, 0.5) is 0 Å². The van der Waals surface area contributed by atoms with Gasteiger partial charge in [-0.2, -0.15) is 0 Å². The minimum atomic E-state index is -0.699. The van der Waals surface area contributed by atoms with Crippen molar-refractivity contribution < 1.29 is 19.4 Å². The van der Waals surface area contributed by atoms with Crippen LogP contribution in [0.2, 0.25) is 0 Å². The van der Waals surface area contributed by atoms with Crippen molar-refractivity contribution in [2.45, 2.75) is 180 Å². The van der Waals surface area contributed by atoms with Gasteiger partial charge in [-0.1, -0.05) is 139 Å². The number of carbonyl (C=O) groups excluding carboxylic acids is 1. The Labute approximate surface area is 272 Å². The van der Waals surface area contributed by atoms with Crippen LogP contribution in [0.5, 0.6) is 0 Å². The second kappa shape index (κ2) is 35.1. The second-order valence-electron chi connectivity index (χ2n) is 12.0. The first-order valence-electron chi connectivity index (χ1n) is 18.3. The zero-order valence-corrected chi connectivity index (χ0v) is 28.7. The molecular weight excluding hydrogens is 544 g/mol. The van der Waals surface area contributed by atoms with Gasteiger partial charge in [0.1, 0.15) is 6.10 Å². The van der Waals surface area contributed by atoms with Crippen molar-refractivity contribution in [3.05, 3.63) is 60.8 Å². The summed E-state index contributed by atoms with van der Waals surface area (Å²) >= 11 is 0. The van der Waals surface area contributed by atoms with Gasteiger partial charge in [0.25, 0.3) is 0 Å². The summed E-state index contributed by atoms with van der Waals surface area (Å²) in [5.41, 5.74) is 0. The van der Waals surface area contributed by atoms with Gasteiger partial charge in [0.2, 0.25) is 0 Å². The number of aliphatic carboxylic acids is 1. The predicted molar refractivity (Wildman–Crippen MR) is 190 cm³/mol. The fraction of sp³-hybridized carbons (Fsp3) is 0.700. The number of hydrogen-bond donors (Lipinski definition) is 1. The Bertz CT molecular complexity index is 789. The number of hydrogen-bond acceptors (Lipinski definition) is 3. The Morgan fingerprint density at radius 1 is 0.523 bits per heavy atom. The molecule has 1 atom stereocenters. The van der Waals surface area contributed by atoms with Crippen LogP contribution >= 0.6 is 0 Å². The van der Waals surface area contributed by atoms with Gasteiger partial charge in [-0.3, -0.25) is 9.59 Å². The molecule has 0 aromatic carbocycles. The van der Waals surface area contributed by atoms with Crippen molar-refractivity contribution in [3.63, 3.8) is 0 Å². The van der Waals surface area contributed by atoms with Crippen molar-refractivity contribution in [1.82, 2.24) is 0 Å². The molecule has 0 bridgehead atoms. The van der Waals surface area contributed by atoms with E-state index in [1.165, 1.54) is 38.5 Å². The fourth-order valence-electron chi connectivity index (χ4n) is 5.09. The number of rotatable bonds is 32. The van der Waals surface area contributed by atoms with Gasteiger partial charge < -0.3 is 9.84 Å². The van der Waals surface area contributed by atoms with E-state index in [-0.39, 0.29) is 18.5 Å². The molecule has 0 amide bonds. The third kappa shape index (κ3) is 34.1. The zero-order valence-electron chi connectivity index (χ0n) is 28.7. The Balaban J connectivity index is 3.85. The SMILES string of the molecule is CC/C=C\C/C=C\C/C=C\C/C=C\C/C=C\CCCCCCCC(=O)OC(CCCCCC)CCCCCCCCC(=O)O. The Kier molecular flexibility index (Phi) is 33.2. The summed E-state index contributed by atoms with van der Waals surface area (Å²) in [5.74, 6) is -0.715. The molecule has 0 saturated carbocycles. The van der Waals surface area contributed by atoms with Crippen molar-refractivity contribution >= 4 is 11.9 Å². The summed E-state index contributed by atoms with van der Waals surface area (Å²) in [6.45, 7) is 4.38. The van der Waals surface area contributed by atoms with Gasteiger partial charge in [-0.15, -0.1) is 0 Å². The molecule has 0 aromatic heterocycles. The van der Waals surface area contributed by atoms with Crippen LogP contribution in [0, 0.1) is 0 Å². The Morgan fingerprint density at radius 3 is 1.48 bits per heavy atom. The number of carbonyl (C=O) groups is 2. The normalized spacial score (nSPS) is 13.0. The van der Waals surface area contributed by atoms with Gasteiger partial charge in [-0.05, 0) is 83.5 Å². The highest BCUT2D eigenvalue weighted by Crippen LogP contribution is 2.18. The highest BCUT2D eigenvalue weighted by Gasteiger charge is 2.14. The first-order valence-corrected chi connectivity index (χ1v) is 18.3. The summed E-state index contributed by atoms with van der Waals surface area (Å²) in [5, 5.41) is 8.73. The van der Waals surface area contributed by atoms with Crippen molar-refractivity contribution in [2.75, 3.05) is 0 Å². The van der Waals surface area contributed by atoms with Gasteiger partial charge >= 0.3 is 11.9 Å². The maximum absolute atomic E-state index is 12.5. The number of ether oxygens (including phenoxy) is 1. The van der Waals surface area contributed by atoms with E-state index in [0.29, 0.717) is 6.42 Å². The molecule has 0 radical (unpaired) electrons. The van der Waals surface area contributed by atoms with E-state index in [0.717, 1.165) is 109 Å². The first-order chi connectivity index (χ1) is 21.6. The van der Waals surface area contributed by atoms with Gasteiger partial charge in [-0.25, -0.2) is 0 Å². The van der Waals surface area contributed by atoms with Crippen LogP contribution in [0.3, 0.4) is 0 Å². The molecule has 0 aliphatic carbocycles. The van der Waals surface area contributed by atoms with Crippen molar-refractivity contribution in [1.29, 1.82) is 0 Å². The minimum absolute atomic E-state index is 0.0158. The summed E-state index contributed by atoms with van der Waals surface area (Å²) in [6, 6.07) is 0. The van der Waals surface area contributed by atoms with Crippen LogP contribution in [0.15, 0.2) is 60.8 Å². The summed E-state index contributed by atoms with van der Waals surface area (Å²) in [4.78, 5) is 23.1. The molecule has 0 spiro atoms. The highest BCUT2D eigenvalue weighted by molar-refractivity contribution is 5.69. The van der Waals surface area contributed by atoms with E-state index in [1.54, 1.807) is 0 Å².